The molecule has 0 spiro atoms. The van der Waals surface area contributed by atoms with Crippen LogP contribution in [0.1, 0.15) is 51.5 Å². The van der Waals surface area contributed by atoms with Crippen LogP contribution in [-0.2, 0) is 22.2 Å². The molecule has 0 amide bonds. The number of rotatable bonds is 1. The summed E-state index contributed by atoms with van der Waals surface area (Å²) in [7, 11) is -0.185. The van der Waals surface area contributed by atoms with Gasteiger partial charge in [0.1, 0.15) is 0 Å². The van der Waals surface area contributed by atoms with Crippen LogP contribution in [0.3, 0.4) is 0 Å². The van der Waals surface area contributed by atoms with Gasteiger partial charge in [-0.1, -0.05) is 6.92 Å². The van der Waals surface area contributed by atoms with Crippen molar-refractivity contribution >= 4 is 23.9 Å². The standard InChI is InChI=1S/C15H23BO2S/c1-10-6-7-13-11(8-10)12(9-19-13)16-17-14(2,3)15(4,5)18-16/h9-10H,6-8H2,1-5H3. The quantitative estimate of drug-likeness (QED) is 0.735. The molecule has 0 saturated carbocycles. The van der Waals surface area contributed by atoms with Crippen molar-refractivity contribution in [2.45, 2.75) is 65.1 Å². The number of hydrogen-bond donors (Lipinski definition) is 0. The van der Waals surface area contributed by atoms with Gasteiger partial charge in [-0.2, -0.15) is 0 Å². The van der Waals surface area contributed by atoms with Crippen molar-refractivity contribution in [3.8, 4) is 0 Å². The summed E-state index contributed by atoms with van der Waals surface area (Å²) < 4.78 is 12.4. The minimum absolute atomic E-state index is 0.185. The van der Waals surface area contributed by atoms with Gasteiger partial charge in [0.25, 0.3) is 0 Å². The lowest BCUT2D eigenvalue weighted by molar-refractivity contribution is 0.00578. The van der Waals surface area contributed by atoms with Crippen molar-refractivity contribution in [2.24, 2.45) is 5.92 Å². The molecule has 2 nitrogen and oxygen atoms in total. The zero-order valence-corrected chi connectivity index (χ0v) is 13.4. The molecule has 1 unspecified atom stereocenters. The van der Waals surface area contributed by atoms with E-state index in [-0.39, 0.29) is 18.3 Å². The summed E-state index contributed by atoms with van der Waals surface area (Å²) in [5.41, 5.74) is 2.30. The monoisotopic (exact) mass is 278 g/mol. The summed E-state index contributed by atoms with van der Waals surface area (Å²) in [5, 5.41) is 2.25. The van der Waals surface area contributed by atoms with Gasteiger partial charge in [-0.15, -0.1) is 11.3 Å². The third-order valence-corrected chi connectivity index (χ3v) is 6.04. The molecule has 1 aliphatic heterocycles. The van der Waals surface area contributed by atoms with E-state index in [1.54, 1.807) is 4.88 Å². The molecule has 0 bridgehead atoms. The Morgan fingerprint density at radius 1 is 1.21 bits per heavy atom. The zero-order valence-electron chi connectivity index (χ0n) is 12.6. The second kappa shape index (κ2) is 4.34. The minimum atomic E-state index is -0.243. The first kappa shape index (κ1) is 13.7. The first-order chi connectivity index (χ1) is 8.80. The maximum atomic E-state index is 6.19. The molecule has 1 fully saturated rings. The number of fused-ring (bicyclic) bond motifs is 1. The molecule has 0 N–H and O–H groups in total. The van der Waals surface area contributed by atoms with Gasteiger partial charge < -0.3 is 9.31 Å². The normalized spacial score (nSPS) is 28.5. The van der Waals surface area contributed by atoms with Gasteiger partial charge in [0, 0.05) is 4.88 Å². The van der Waals surface area contributed by atoms with Crippen molar-refractivity contribution in [3.63, 3.8) is 0 Å². The highest BCUT2D eigenvalue weighted by molar-refractivity contribution is 7.11. The fourth-order valence-corrected chi connectivity index (χ4v) is 3.98. The van der Waals surface area contributed by atoms with Crippen LogP contribution in [0.4, 0.5) is 0 Å². The topological polar surface area (TPSA) is 18.5 Å². The molecule has 1 saturated heterocycles. The largest absolute Gasteiger partial charge is 0.495 e. The summed E-state index contributed by atoms with van der Waals surface area (Å²) in [4.78, 5) is 1.54. The Morgan fingerprint density at radius 2 is 1.84 bits per heavy atom. The predicted octanol–water partition coefficient (Wildman–Crippen LogP) is 3.17. The molecule has 1 aromatic rings. The number of thiophene rings is 1. The van der Waals surface area contributed by atoms with Crippen LogP contribution in [0.5, 0.6) is 0 Å². The second-order valence-corrected chi connectivity index (χ2v) is 7.99. The van der Waals surface area contributed by atoms with E-state index in [1.807, 2.05) is 11.3 Å². The Bertz CT molecular complexity index is 476. The first-order valence-electron chi connectivity index (χ1n) is 7.25. The number of aryl methyl sites for hydroxylation is 1. The van der Waals surface area contributed by atoms with Crippen LogP contribution in [0, 0.1) is 5.92 Å². The summed E-state index contributed by atoms with van der Waals surface area (Å²) in [6.07, 6.45) is 3.72. The van der Waals surface area contributed by atoms with Crippen LogP contribution in [-0.4, -0.2) is 18.3 Å². The molecular weight excluding hydrogens is 255 g/mol. The molecule has 2 aliphatic rings. The van der Waals surface area contributed by atoms with Gasteiger partial charge in [0.05, 0.1) is 11.2 Å². The Kier molecular flexibility index (Phi) is 3.12. The molecule has 1 aromatic heterocycles. The molecule has 0 aromatic carbocycles. The van der Waals surface area contributed by atoms with Crippen molar-refractivity contribution in [1.29, 1.82) is 0 Å². The molecule has 4 heteroatoms. The van der Waals surface area contributed by atoms with Crippen LogP contribution in [0.25, 0.3) is 0 Å². The van der Waals surface area contributed by atoms with E-state index in [0.717, 1.165) is 5.92 Å². The molecule has 0 radical (unpaired) electrons. The highest BCUT2D eigenvalue weighted by Gasteiger charge is 2.52. The zero-order chi connectivity index (χ0) is 13.8. The third-order valence-electron chi connectivity index (χ3n) is 4.94. The van der Waals surface area contributed by atoms with Crippen LogP contribution >= 0.6 is 11.3 Å². The van der Waals surface area contributed by atoms with Crippen molar-refractivity contribution in [2.75, 3.05) is 0 Å². The van der Waals surface area contributed by atoms with Crippen molar-refractivity contribution < 1.29 is 9.31 Å². The highest BCUT2D eigenvalue weighted by Crippen LogP contribution is 2.38. The second-order valence-electron chi connectivity index (χ2n) is 7.03. The third kappa shape index (κ3) is 2.18. The summed E-state index contributed by atoms with van der Waals surface area (Å²) in [6, 6.07) is 0. The maximum absolute atomic E-state index is 6.19. The van der Waals surface area contributed by atoms with Gasteiger partial charge in [0.2, 0.25) is 0 Å². The van der Waals surface area contributed by atoms with E-state index in [2.05, 4.69) is 40.0 Å². The number of hydrogen-bond acceptors (Lipinski definition) is 3. The van der Waals surface area contributed by atoms with E-state index in [1.165, 1.54) is 30.3 Å². The Morgan fingerprint density at radius 3 is 2.47 bits per heavy atom. The summed E-state index contributed by atoms with van der Waals surface area (Å²) in [6.45, 7) is 10.8. The van der Waals surface area contributed by atoms with E-state index < -0.39 is 0 Å². The molecule has 104 valence electrons. The Labute approximate surface area is 120 Å². The Balaban J connectivity index is 1.91. The lowest BCUT2D eigenvalue weighted by atomic mass is 9.74. The van der Waals surface area contributed by atoms with Crippen molar-refractivity contribution in [1.82, 2.24) is 0 Å². The van der Waals surface area contributed by atoms with E-state index in [9.17, 15) is 0 Å². The lowest BCUT2D eigenvalue weighted by Crippen LogP contribution is -2.41. The molecule has 1 aliphatic carbocycles. The first-order valence-corrected chi connectivity index (χ1v) is 8.13. The van der Waals surface area contributed by atoms with Gasteiger partial charge in [-0.3, -0.25) is 0 Å². The van der Waals surface area contributed by atoms with Crippen molar-refractivity contribution in [3.05, 3.63) is 15.8 Å². The van der Waals surface area contributed by atoms with Gasteiger partial charge in [0.15, 0.2) is 0 Å². The van der Waals surface area contributed by atoms with Crippen LogP contribution in [0.15, 0.2) is 5.38 Å². The SMILES string of the molecule is CC1CCc2scc(B3OC(C)(C)C(C)(C)O3)c2C1. The van der Waals surface area contributed by atoms with Crippen LogP contribution in [0.2, 0.25) is 0 Å². The fraction of sp³-hybridized carbons (Fsp3) is 0.733. The summed E-state index contributed by atoms with van der Waals surface area (Å²) in [5.74, 6) is 0.781. The predicted molar refractivity (Wildman–Crippen MR) is 81.2 cm³/mol. The molecule has 2 heterocycles. The average molecular weight is 278 g/mol. The van der Waals surface area contributed by atoms with Crippen LogP contribution < -0.4 is 5.46 Å². The van der Waals surface area contributed by atoms with Gasteiger partial charge >= 0.3 is 7.12 Å². The minimum Gasteiger partial charge on any atom is -0.399 e. The molecule has 3 rings (SSSR count). The molecule has 19 heavy (non-hydrogen) atoms. The van der Waals surface area contributed by atoms with Gasteiger partial charge in [-0.05, 0) is 69.3 Å². The van der Waals surface area contributed by atoms with E-state index >= 15 is 0 Å². The maximum Gasteiger partial charge on any atom is 0.495 e. The molecular formula is C15H23BO2S. The fourth-order valence-electron chi connectivity index (χ4n) is 2.88. The van der Waals surface area contributed by atoms with Gasteiger partial charge in [-0.25, -0.2) is 0 Å². The highest BCUT2D eigenvalue weighted by atomic mass is 32.1. The Hall–Kier alpha value is -0.315. The average Bonchev–Trinajstić information content (AvgIpc) is 2.77. The molecule has 1 atom stereocenters. The lowest BCUT2D eigenvalue weighted by Gasteiger charge is -2.32. The van der Waals surface area contributed by atoms with E-state index in [0.29, 0.717) is 0 Å². The summed E-state index contributed by atoms with van der Waals surface area (Å²) >= 11 is 1.88. The van der Waals surface area contributed by atoms with E-state index in [4.69, 9.17) is 9.31 Å². The smallest absolute Gasteiger partial charge is 0.399 e.